The highest BCUT2D eigenvalue weighted by atomic mass is 16.5. The first-order chi connectivity index (χ1) is 14.0. The van der Waals surface area contributed by atoms with Crippen LogP contribution in [0.5, 0.6) is 11.5 Å². The molecule has 0 bridgehead atoms. The smallest absolute Gasteiger partial charge is 0.193 e. The molecule has 0 aliphatic carbocycles. The lowest BCUT2D eigenvalue weighted by molar-refractivity contribution is 0.398. The van der Waals surface area contributed by atoms with Crippen molar-refractivity contribution in [1.82, 2.24) is 19.8 Å². The van der Waals surface area contributed by atoms with Crippen molar-refractivity contribution < 1.29 is 9.47 Å². The lowest BCUT2D eigenvalue weighted by atomic mass is 10.2. The second kappa shape index (κ2) is 9.41. The molecule has 0 atom stereocenters. The van der Waals surface area contributed by atoms with E-state index in [1.165, 1.54) is 11.4 Å². The van der Waals surface area contributed by atoms with Gasteiger partial charge in [0, 0.05) is 62.8 Å². The zero-order valence-corrected chi connectivity index (χ0v) is 18.0. The zero-order valence-electron chi connectivity index (χ0n) is 18.0. The van der Waals surface area contributed by atoms with E-state index in [2.05, 4.69) is 63.3 Å². The summed E-state index contributed by atoms with van der Waals surface area (Å²) < 4.78 is 13.0. The van der Waals surface area contributed by atoms with E-state index < -0.39 is 0 Å². The molecule has 2 heterocycles. The van der Waals surface area contributed by atoms with Crippen LogP contribution in [0.1, 0.15) is 17.8 Å². The maximum absolute atomic E-state index is 5.50. The Morgan fingerprint density at radius 2 is 2.07 bits per heavy atom. The molecule has 0 unspecified atom stereocenters. The fraction of sp³-hybridized carbons (Fsp3) is 0.409. The van der Waals surface area contributed by atoms with Crippen LogP contribution >= 0.6 is 0 Å². The number of rotatable bonds is 8. The maximum atomic E-state index is 5.50. The van der Waals surface area contributed by atoms with Crippen molar-refractivity contribution in [3.05, 3.63) is 47.9 Å². The Bertz CT molecular complexity index is 973. The molecule has 3 rings (SSSR count). The summed E-state index contributed by atoms with van der Waals surface area (Å²) in [7, 11) is 9.28. The van der Waals surface area contributed by atoms with Crippen molar-refractivity contribution in [3.63, 3.8) is 0 Å². The van der Waals surface area contributed by atoms with E-state index in [1.807, 2.05) is 19.2 Å². The van der Waals surface area contributed by atoms with Gasteiger partial charge in [-0.25, -0.2) is 0 Å². The van der Waals surface area contributed by atoms with Crippen LogP contribution in [0.2, 0.25) is 0 Å². The predicted molar refractivity (Wildman–Crippen MR) is 118 cm³/mol. The van der Waals surface area contributed by atoms with Crippen LogP contribution in [-0.2, 0) is 20.0 Å². The number of fused-ring (bicyclic) bond motifs is 1. The fourth-order valence-electron chi connectivity index (χ4n) is 3.50. The number of aromatic amines is 1. The Labute approximate surface area is 172 Å². The van der Waals surface area contributed by atoms with E-state index >= 15 is 0 Å². The predicted octanol–water partition coefficient (Wildman–Crippen LogP) is 3.16. The van der Waals surface area contributed by atoms with Crippen molar-refractivity contribution in [2.45, 2.75) is 19.4 Å². The molecule has 2 N–H and O–H groups in total. The molecular weight excluding hydrogens is 366 g/mol. The number of nitrogens with zero attached hydrogens (tertiary/aromatic N) is 3. The third kappa shape index (κ3) is 4.85. The average Bonchev–Trinajstić information content (AvgIpc) is 3.32. The van der Waals surface area contributed by atoms with Gasteiger partial charge in [-0.05, 0) is 31.0 Å². The van der Waals surface area contributed by atoms with E-state index in [0.29, 0.717) is 0 Å². The number of hydrogen-bond acceptors (Lipinski definition) is 3. The van der Waals surface area contributed by atoms with Gasteiger partial charge in [0.05, 0.1) is 26.3 Å². The Morgan fingerprint density at radius 1 is 1.24 bits per heavy atom. The van der Waals surface area contributed by atoms with Crippen LogP contribution in [0.4, 0.5) is 0 Å². The summed E-state index contributed by atoms with van der Waals surface area (Å²) in [5, 5.41) is 4.53. The highest BCUT2D eigenvalue weighted by molar-refractivity contribution is 5.88. The molecule has 1 aromatic carbocycles. The van der Waals surface area contributed by atoms with Crippen molar-refractivity contribution in [2.24, 2.45) is 12.0 Å². The molecule has 156 valence electrons. The minimum Gasteiger partial charge on any atom is -0.497 e. The van der Waals surface area contributed by atoms with Gasteiger partial charge in [0.25, 0.3) is 0 Å². The molecular formula is C22H31N5O2. The molecule has 2 aromatic heterocycles. The summed E-state index contributed by atoms with van der Waals surface area (Å²) in [6, 6.07) is 10.3. The average molecular weight is 398 g/mol. The molecule has 0 amide bonds. The maximum Gasteiger partial charge on any atom is 0.193 e. The third-order valence-corrected chi connectivity index (χ3v) is 5.11. The van der Waals surface area contributed by atoms with Crippen molar-refractivity contribution >= 4 is 16.9 Å². The normalized spacial score (nSPS) is 11.7. The first kappa shape index (κ1) is 20.6. The van der Waals surface area contributed by atoms with Gasteiger partial charge in [-0.15, -0.1) is 0 Å². The molecule has 0 aliphatic rings. The van der Waals surface area contributed by atoms with E-state index in [9.17, 15) is 0 Å². The molecule has 7 heteroatoms. The second-order valence-corrected chi connectivity index (χ2v) is 7.13. The van der Waals surface area contributed by atoms with Crippen molar-refractivity contribution in [1.29, 1.82) is 0 Å². The molecule has 0 saturated carbocycles. The quantitative estimate of drug-likeness (QED) is 0.348. The Kier molecular flexibility index (Phi) is 6.69. The first-order valence-corrected chi connectivity index (χ1v) is 9.81. The molecule has 7 nitrogen and oxygen atoms in total. The lowest BCUT2D eigenvalue weighted by Crippen LogP contribution is -2.39. The van der Waals surface area contributed by atoms with Crippen molar-refractivity contribution in [2.75, 3.05) is 34.9 Å². The molecule has 0 aliphatic heterocycles. The Morgan fingerprint density at radius 3 is 2.72 bits per heavy atom. The molecule has 3 aromatic rings. The minimum absolute atomic E-state index is 0.787. The van der Waals surface area contributed by atoms with Crippen molar-refractivity contribution in [3.8, 4) is 11.5 Å². The van der Waals surface area contributed by atoms with Gasteiger partial charge in [-0.1, -0.05) is 0 Å². The van der Waals surface area contributed by atoms with Crippen LogP contribution in [0.15, 0.2) is 41.5 Å². The van der Waals surface area contributed by atoms with Gasteiger partial charge in [0.2, 0.25) is 0 Å². The highest BCUT2D eigenvalue weighted by Crippen LogP contribution is 2.31. The third-order valence-electron chi connectivity index (χ3n) is 5.11. The molecule has 0 fully saturated rings. The molecule has 0 radical (unpaired) electrons. The Balaban J connectivity index is 1.54. The molecule has 0 saturated heterocycles. The SMILES string of the molecule is CN=C(NCCCc1cc2c(OC)cc(OC)cc2[nH]1)N(C)Cc1cccn1C. The number of H-pyrrole nitrogens is 1. The van der Waals surface area contributed by atoms with Crippen LogP contribution in [-0.4, -0.2) is 55.3 Å². The topological polar surface area (TPSA) is 66.8 Å². The van der Waals surface area contributed by atoms with Gasteiger partial charge in [0.1, 0.15) is 11.5 Å². The minimum atomic E-state index is 0.787. The van der Waals surface area contributed by atoms with Gasteiger partial charge >= 0.3 is 0 Å². The summed E-state index contributed by atoms with van der Waals surface area (Å²) in [6.45, 7) is 1.66. The van der Waals surface area contributed by atoms with Gasteiger partial charge in [-0.3, -0.25) is 4.99 Å². The number of benzene rings is 1. The van der Waals surface area contributed by atoms with Crippen LogP contribution in [0, 0.1) is 0 Å². The summed E-state index contributed by atoms with van der Waals surface area (Å²) in [5.74, 6) is 2.51. The number of nitrogens with one attached hydrogen (secondary N) is 2. The van der Waals surface area contributed by atoms with E-state index in [4.69, 9.17) is 9.47 Å². The van der Waals surface area contributed by atoms with Crippen LogP contribution in [0.3, 0.4) is 0 Å². The highest BCUT2D eigenvalue weighted by Gasteiger charge is 2.10. The molecule has 29 heavy (non-hydrogen) atoms. The van der Waals surface area contributed by atoms with E-state index in [-0.39, 0.29) is 0 Å². The van der Waals surface area contributed by atoms with E-state index in [1.54, 1.807) is 14.2 Å². The van der Waals surface area contributed by atoms with Crippen LogP contribution in [0.25, 0.3) is 10.9 Å². The largest absolute Gasteiger partial charge is 0.497 e. The second-order valence-electron chi connectivity index (χ2n) is 7.13. The zero-order chi connectivity index (χ0) is 20.8. The first-order valence-electron chi connectivity index (χ1n) is 9.81. The molecule has 0 spiro atoms. The summed E-state index contributed by atoms with van der Waals surface area (Å²) in [4.78, 5) is 10.0. The fourth-order valence-corrected chi connectivity index (χ4v) is 3.50. The van der Waals surface area contributed by atoms with Gasteiger partial charge < -0.3 is 29.2 Å². The van der Waals surface area contributed by atoms with E-state index in [0.717, 1.165) is 54.3 Å². The number of aryl methyl sites for hydroxylation is 2. The standard InChI is InChI=1S/C22H31N5O2/c1-23-22(27(3)15-17-9-7-11-26(17)2)24-10-6-8-16-12-19-20(25-16)13-18(28-4)14-21(19)29-5/h7,9,11-14,25H,6,8,10,15H2,1-5H3,(H,23,24). The van der Waals surface area contributed by atoms with Gasteiger partial charge in [-0.2, -0.15) is 0 Å². The summed E-state index contributed by atoms with van der Waals surface area (Å²) in [5.41, 5.74) is 3.46. The number of aromatic nitrogens is 2. The number of ether oxygens (including phenoxy) is 2. The lowest BCUT2D eigenvalue weighted by Gasteiger charge is -2.22. The summed E-state index contributed by atoms with van der Waals surface area (Å²) in [6.07, 6.45) is 3.99. The number of aliphatic imine (C=N–C) groups is 1. The number of hydrogen-bond donors (Lipinski definition) is 2. The summed E-state index contributed by atoms with van der Waals surface area (Å²) >= 11 is 0. The Hall–Kier alpha value is -3.09. The number of methoxy groups -OCH3 is 2. The number of guanidine groups is 1. The van der Waals surface area contributed by atoms with Crippen LogP contribution < -0.4 is 14.8 Å². The van der Waals surface area contributed by atoms with Gasteiger partial charge in [0.15, 0.2) is 5.96 Å². The monoisotopic (exact) mass is 397 g/mol.